The molecule has 0 fully saturated rings. The van der Waals surface area contributed by atoms with Crippen molar-refractivity contribution in [2.45, 2.75) is 6.92 Å². The molecule has 0 saturated heterocycles. The molecule has 2 aromatic heterocycles. The third kappa shape index (κ3) is 2.12. The fourth-order valence-corrected chi connectivity index (χ4v) is 2.09. The SMILES string of the molecule is CCOc1cccn2cc(-c3cccc(N)c3)nc12. The summed E-state index contributed by atoms with van der Waals surface area (Å²) >= 11 is 0. The van der Waals surface area contributed by atoms with Crippen LogP contribution in [0.4, 0.5) is 5.69 Å². The molecule has 0 radical (unpaired) electrons. The fourth-order valence-electron chi connectivity index (χ4n) is 2.09. The average Bonchev–Trinajstić information content (AvgIpc) is 2.84. The molecule has 4 nitrogen and oxygen atoms in total. The van der Waals surface area contributed by atoms with E-state index in [0.717, 1.165) is 28.3 Å². The highest BCUT2D eigenvalue weighted by atomic mass is 16.5. The van der Waals surface area contributed by atoms with Crippen LogP contribution in [0.3, 0.4) is 0 Å². The normalized spacial score (nSPS) is 10.8. The lowest BCUT2D eigenvalue weighted by atomic mass is 10.1. The standard InChI is InChI=1S/C15H15N3O/c1-2-19-14-7-4-8-18-10-13(17-15(14)18)11-5-3-6-12(16)9-11/h3-10H,2,16H2,1H3. The molecule has 2 N–H and O–H groups in total. The molecule has 0 unspecified atom stereocenters. The van der Waals surface area contributed by atoms with Crippen molar-refractivity contribution in [2.75, 3.05) is 12.3 Å². The molecule has 0 spiro atoms. The molecular formula is C15H15N3O. The summed E-state index contributed by atoms with van der Waals surface area (Å²) in [4.78, 5) is 4.63. The molecule has 0 aliphatic rings. The highest BCUT2D eigenvalue weighted by molar-refractivity contribution is 5.68. The summed E-state index contributed by atoms with van der Waals surface area (Å²) < 4.78 is 7.55. The largest absolute Gasteiger partial charge is 0.490 e. The highest BCUT2D eigenvalue weighted by Gasteiger charge is 2.08. The number of nitrogens with zero attached hydrogens (tertiary/aromatic N) is 2. The van der Waals surface area contributed by atoms with Crippen molar-refractivity contribution in [1.29, 1.82) is 0 Å². The number of nitrogens with two attached hydrogens (primary N) is 1. The summed E-state index contributed by atoms with van der Waals surface area (Å²) in [5.41, 5.74) is 9.26. The highest BCUT2D eigenvalue weighted by Crippen LogP contribution is 2.25. The maximum Gasteiger partial charge on any atom is 0.180 e. The van der Waals surface area contributed by atoms with Crippen LogP contribution in [0.25, 0.3) is 16.9 Å². The number of benzene rings is 1. The van der Waals surface area contributed by atoms with Crippen LogP contribution >= 0.6 is 0 Å². The van der Waals surface area contributed by atoms with E-state index in [0.29, 0.717) is 6.61 Å². The van der Waals surface area contributed by atoms with Crippen molar-refractivity contribution in [1.82, 2.24) is 9.38 Å². The smallest absolute Gasteiger partial charge is 0.180 e. The summed E-state index contributed by atoms with van der Waals surface area (Å²) in [6.07, 6.45) is 3.94. The summed E-state index contributed by atoms with van der Waals surface area (Å²) in [6, 6.07) is 11.6. The minimum atomic E-state index is 0.625. The Labute approximate surface area is 111 Å². The van der Waals surface area contributed by atoms with Gasteiger partial charge in [-0.15, -0.1) is 0 Å². The van der Waals surface area contributed by atoms with Gasteiger partial charge in [0.1, 0.15) is 0 Å². The number of hydrogen-bond acceptors (Lipinski definition) is 3. The van der Waals surface area contributed by atoms with E-state index in [1.807, 2.05) is 60.1 Å². The van der Waals surface area contributed by atoms with E-state index in [1.54, 1.807) is 0 Å². The molecule has 3 rings (SSSR count). The van der Waals surface area contributed by atoms with Gasteiger partial charge >= 0.3 is 0 Å². The lowest BCUT2D eigenvalue weighted by Crippen LogP contribution is -1.94. The maximum atomic E-state index is 5.81. The molecule has 0 amide bonds. The lowest BCUT2D eigenvalue weighted by molar-refractivity contribution is 0.342. The third-order valence-electron chi connectivity index (χ3n) is 2.93. The maximum absolute atomic E-state index is 5.81. The molecule has 2 heterocycles. The monoisotopic (exact) mass is 253 g/mol. The van der Waals surface area contributed by atoms with Gasteiger partial charge in [-0.1, -0.05) is 12.1 Å². The Balaban J connectivity index is 2.14. The van der Waals surface area contributed by atoms with Crippen LogP contribution in [0.5, 0.6) is 5.75 Å². The molecule has 96 valence electrons. The van der Waals surface area contributed by atoms with Gasteiger partial charge in [-0.25, -0.2) is 4.98 Å². The van der Waals surface area contributed by atoms with Crippen molar-refractivity contribution in [3.8, 4) is 17.0 Å². The Bertz CT molecular complexity index is 718. The zero-order valence-corrected chi connectivity index (χ0v) is 10.7. The Morgan fingerprint density at radius 1 is 1.26 bits per heavy atom. The molecular weight excluding hydrogens is 238 g/mol. The molecule has 3 aromatic rings. The number of anilines is 1. The average molecular weight is 253 g/mol. The summed E-state index contributed by atoms with van der Waals surface area (Å²) in [7, 11) is 0. The first kappa shape index (κ1) is 11.6. The number of hydrogen-bond donors (Lipinski definition) is 1. The van der Waals surface area contributed by atoms with Crippen molar-refractivity contribution in [3.63, 3.8) is 0 Å². The number of pyridine rings is 1. The number of nitrogen functional groups attached to an aromatic ring is 1. The Hall–Kier alpha value is -2.49. The zero-order valence-electron chi connectivity index (χ0n) is 10.7. The van der Waals surface area contributed by atoms with Gasteiger partial charge in [-0.05, 0) is 31.2 Å². The van der Waals surface area contributed by atoms with Gasteiger partial charge in [0.05, 0.1) is 12.3 Å². The molecule has 19 heavy (non-hydrogen) atoms. The first-order chi connectivity index (χ1) is 9.28. The Kier molecular flexibility index (Phi) is 2.83. The van der Waals surface area contributed by atoms with E-state index in [4.69, 9.17) is 10.5 Å². The fraction of sp³-hybridized carbons (Fsp3) is 0.133. The molecule has 4 heteroatoms. The van der Waals surface area contributed by atoms with Crippen LogP contribution in [0.1, 0.15) is 6.92 Å². The quantitative estimate of drug-likeness (QED) is 0.730. The van der Waals surface area contributed by atoms with Crippen molar-refractivity contribution < 1.29 is 4.74 Å². The predicted octanol–water partition coefficient (Wildman–Crippen LogP) is 2.98. The van der Waals surface area contributed by atoms with Crippen LogP contribution in [-0.4, -0.2) is 16.0 Å². The molecule has 0 bridgehead atoms. The summed E-state index contributed by atoms with van der Waals surface area (Å²) in [5.74, 6) is 0.792. The van der Waals surface area contributed by atoms with Crippen LogP contribution in [-0.2, 0) is 0 Å². The van der Waals surface area contributed by atoms with Gasteiger partial charge < -0.3 is 14.9 Å². The van der Waals surface area contributed by atoms with E-state index in [2.05, 4.69) is 4.98 Å². The number of imidazole rings is 1. The van der Waals surface area contributed by atoms with Crippen LogP contribution in [0.2, 0.25) is 0 Å². The predicted molar refractivity (Wildman–Crippen MR) is 76.2 cm³/mol. The van der Waals surface area contributed by atoms with Crippen LogP contribution in [0, 0.1) is 0 Å². The topological polar surface area (TPSA) is 52.5 Å². The van der Waals surface area contributed by atoms with Crippen molar-refractivity contribution >= 4 is 11.3 Å². The van der Waals surface area contributed by atoms with E-state index in [1.165, 1.54) is 0 Å². The van der Waals surface area contributed by atoms with Crippen molar-refractivity contribution in [3.05, 3.63) is 48.8 Å². The Morgan fingerprint density at radius 3 is 2.95 bits per heavy atom. The summed E-state index contributed by atoms with van der Waals surface area (Å²) in [5, 5.41) is 0. The van der Waals surface area contributed by atoms with E-state index >= 15 is 0 Å². The zero-order chi connectivity index (χ0) is 13.2. The second-order valence-corrected chi connectivity index (χ2v) is 4.29. The first-order valence-electron chi connectivity index (χ1n) is 6.24. The van der Waals surface area contributed by atoms with Gasteiger partial charge in [0.25, 0.3) is 0 Å². The lowest BCUT2D eigenvalue weighted by Gasteiger charge is -2.03. The number of rotatable bonds is 3. The van der Waals surface area contributed by atoms with Crippen molar-refractivity contribution in [2.24, 2.45) is 0 Å². The number of fused-ring (bicyclic) bond motifs is 1. The molecule has 0 aliphatic heterocycles. The second-order valence-electron chi connectivity index (χ2n) is 4.29. The van der Waals surface area contributed by atoms with Crippen LogP contribution < -0.4 is 10.5 Å². The summed E-state index contributed by atoms with van der Waals surface area (Å²) in [6.45, 7) is 2.59. The van der Waals surface area contributed by atoms with E-state index in [-0.39, 0.29) is 0 Å². The van der Waals surface area contributed by atoms with Gasteiger partial charge in [-0.2, -0.15) is 0 Å². The first-order valence-corrected chi connectivity index (χ1v) is 6.24. The minimum absolute atomic E-state index is 0.625. The van der Waals surface area contributed by atoms with Gasteiger partial charge in [0, 0.05) is 23.6 Å². The number of aromatic nitrogens is 2. The molecule has 1 aromatic carbocycles. The number of ether oxygens (including phenoxy) is 1. The molecule has 0 aliphatic carbocycles. The van der Waals surface area contributed by atoms with Gasteiger partial charge in [0.2, 0.25) is 0 Å². The van der Waals surface area contributed by atoms with Gasteiger partial charge in [0.15, 0.2) is 11.4 Å². The van der Waals surface area contributed by atoms with Crippen LogP contribution in [0.15, 0.2) is 48.8 Å². The van der Waals surface area contributed by atoms with Gasteiger partial charge in [-0.3, -0.25) is 0 Å². The van der Waals surface area contributed by atoms with E-state index < -0.39 is 0 Å². The van der Waals surface area contributed by atoms with E-state index in [9.17, 15) is 0 Å². The minimum Gasteiger partial charge on any atom is -0.490 e. The molecule has 0 saturated carbocycles. The Morgan fingerprint density at radius 2 is 2.16 bits per heavy atom. The molecule has 0 atom stereocenters. The third-order valence-corrected chi connectivity index (χ3v) is 2.93. The second kappa shape index (κ2) is 4.65.